The first-order valence-corrected chi connectivity index (χ1v) is 9.34. The number of rotatable bonds is 3. The number of aromatic nitrogens is 2. The average Bonchev–Trinajstić information content (AvgIpc) is 3.02. The van der Waals surface area contributed by atoms with Crippen molar-refractivity contribution < 1.29 is 5.11 Å². The lowest BCUT2D eigenvalue weighted by atomic mass is 9.67. The Morgan fingerprint density at radius 3 is 2.56 bits per heavy atom. The van der Waals surface area contributed by atoms with Gasteiger partial charge in [0.05, 0.1) is 5.60 Å². The Bertz CT molecular complexity index is 728. The van der Waals surface area contributed by atoms with Crippen LogP contribution in [0.5, 0.6) is 0 Å². The lowest BCUT2D eigenvalue weighted by molar-refractivity contribution is -0.0648. The number of hydrogen-bond acceptors (Lipinski definition) is 4. The molecule has 1 N–H and O–H groups in total. The maximum atomic E-state index is 11.6. The molecule has 1 saturated heterocycles. The highest BCUT2D eigenvalue weighted by Crippen LogP contribution is 2.48. The summed E-state index contributed by atoms with van der Waals surface area (Å²) in [6.45, 7) is 6.89. The molecule has 4 heteroatoms. The SMILES string of the molecule is Cc1ccc([C@@]2(O)CCC[C@H]3CN(Cc4cnc(C)nc4)C[C@@H]32)cc1. The second-order valence-electron chi connectivity index (χ2n) is 7.88. The highest BCUT2D eigenvalue weighted by Gasteiger charge is 2.49. The molecule has 0 unspecified atom stereocenters. The molecule has 2 aromatic rings. The standard InChI is InChI=1S/C21H27N3O/c1-15-5-7-19(8-6-15)21(25)9-3-4-18-13-24(14-20(18)21)12-17-10-22-16(2)23-11-17/h5-8,10-11,18,20,25H,3-4,9,12-14H2,1-2H3/t18-,20-,21-/m0/s1. The first-order chi connectivity index (χ1) is 12.0. The Kier molecular flexibility index (Phi) is 4.34. The molecular formula is C21H27N3O. The zero-order valence-corrected chi connectivity index (χ0v) is 15.2. The smallest absolute Gasteiger partial charge is 0.125 e. The van der Waals surface area contributed by atoms with E-state index >= 15 is 0 Å². The van der Waals surface area contributed by atoms with Crippen LogP contribution in [0.2, 0.25) is 0 Å². The quantitative estimate of drug-likeness (QED) is 0.934. The van der Waals surface area contributed by atoms with Gasteiger partial charge >= 0.3 is 0 Å². The van der Waals surface area contributed by atoms with E-state index < -0.39 is 5.60 Å². The number of nitrogens with zero attached hydrogens (tertiary/aromatic N) is 3. The number of aryl methyl sites for hydroxylation is 2. The molecule has 0 amide bonds. The number of fused-ring (bicyclic) bond motifs is 1. The number of likely N-dealkylation sites (tertiary alicyclic amines) is 1. The van der Waals surface area contributed by atoms with Crippen LogP contribution in [0, 0.1) is 25.7 Å². The van der Waals surface area contributed by atoms with E-state index in [2.05, 4.69) is 46.1 Å². The van der Waals surface area contributed by atoms with Gasteiger partial charge in [-0.3, -0.25) is 4.90 Å². The van der Waals surface area contributed by atoms with Crippen molar-refractivity contribution in [1.29, 1.82) is 0 Å². The summed E-state index contributed by atoms with van der Waals surface area (Å²) < 4.78 is 0. The lowest BCUT2D eigenvalue weighted by Crippen LogP contribution is -2.42. The molecule has 4 rings (SSSR count). The molecule has 2 fully saturated rings. The van der Waals surface area contributed by atoms with Crippen LogP contribution in [-0.4, -0.2) is 33.1 Å². The van der Waals surface area contributed by atoms with Crippen molar-refractivity contribution in [3.63, 3.8) is 0 Å². The van der Waals surface area contributed by atoms with Crippen molar-refractivity contribution in [1.82, 2.24) is 14.9 Å². The Labute approximate surface area is 149 Å². The van der Waals surface area contributed by atoms with Crippen LogP contribution in [0.4, 0.5) is 0 Å². The molecular weight excluding hydrogens is 310 g/mol. The summed E-state index contributed by atoms with van der Waals surface area (Å²) in [6.07, 6.45) is 7.05. The predicted molar refractivity (Wildman–Crippen MR) is 98.0 cm³/mol. The molecule has 1 aliphatic carbocycles. The van der Waals surface area contributed by atoms with E-state index in [9.17, 15) is 5.11 Å². The largest absolute Gasteiger partial charge is 0.385 e. The maximum absolute atomic E-state index is 11.6. The Balaban J connectivity index is 1.53. The molecule has 0 radical (unpaired) electrons. The summed E-state index contributed by atoms with van der Waals surface area (Å²) in [5.74, 6) is 1.70. The number of hydrogen-bond donors (Lipinski definition) is 1. The van der Waals surface area contributed by atoms with E-state index in [1.54, 1.807) is 0 Å². The Hall–Kier alpha value is -1.78. The molecule has 2 heterocycles. The Morgan fingerprint density at radius 2 is 1.84 bits per heavy atom. The summed E-state index contributed by atoms with van der Waals surface area (Å²) in [7, 11) is 0. The molecule has 1 aromatic carbocycles. The third kappa shape index (κ3) is 3.21. The van der Waals surface area contributed by atoms with Crippen molar-refractivity contribution >= 4 is 0 Å². The molecule has 3 atom stereocenters. The van der Waals surface area contributed by atoms with E-state index in [-0.39, 0.29) is 0 Å². The monoisotopic (exact) mass is 337 g/mol. The molecule has 0 spiro atoms. The molecule has 1 aliphatic heterocycles. The molecule has 4 nitrogen and oxygen atoms in total. The minimum atomic E-state index is -0.685. The van der Waals surface area contributed by atoms with Gasteiger partial charge in [0.1, 0.15) is 5.82 Å². The fourth-order valence-electron chi connectivity index (χ4n) is 4.70. The fourth-order valence-corrected chi connectivity index (χ4v) is 4.70. The number of aliphatic hydroxyl groups is 1. The summed E-state index contributed by atoms with van der Waals surface area (Å²) in [5, 5.41) is 11.6. The molecule has 1 saturated carbocycles. The van der Waals surface area contributed by atoms with Gasteiger partial charge in [-0.15, -0.1) is 0 Å². The van der Waals surface area contributed by atoms with Crippen LogP contribution in [-0.2, 0) is 12.1 Å². The van der Waals surface area contributed by atoms with Crippen LogP contribution in [0.15, 0.2) is 36.7 Å². The molecule has 132 valence electrons. The first kappa shape index (κ1) is 16.7. The van der Waals surface area contributed by atoms with Crippen molar-refractivity contribution in [2.75, 3.05) is 13.1 Å². The van der Waals surface area contributed by atoms with Gasteiger partial charge < -0.3 is 5.11 Å². The van der Waals surface area contributed by atoms with Gasteiger partial charge in [0.2, 0.25) is 0 Å². The zero-order chi connectivity index (χ0) is 17.4. The zero-order valence-electron chi connectivity index (χ0n) is 15.2. The third-order valence-corrected chi connectivity index (χ3v) is 6.05. The van der Waals surface area contributed by atoms with E-state index in [1.807, 2.05) is 19.3 Å². The molecule has 25 heavy (non-hydrogen) atoms. The summed E-state index contributed by atoms with van der Waals surface area (Å²) in [4.78, 5) is 11.1. The van der Waals surface area contributed by atoms with Crippen LogP contribution < -0.4 is 0 Å². The normalized spacial score (nSPS) is 29.6. The van der Waals surface area contributed by atoms with Crippen LogP contribution in [0.25, 0.3) is 0 Å². The van der Waals surface area contributed by atoms with Crippen LogP contribution >= 0.6 is 0 Å². The van der Waals surface area contributed by atoms with E-state index in [4.69, 9.17) is 0 Å². The summed E-state index contributed by atoms with van der Waals surface area (Å²) >= 11 is 0. The molecule has 1 aromatic heterocycles. The van der Waals surface area contributed by atoms with Crippen LogP contribution in [0.1, 0.15) is 41.8 Å². The second kappa shape index (κ2) is 6.50. The number of benzene rings is 1. The van der Waals surface area contributed by atoms with Crippen molar-refractivity contribution in [3.8, 4) is 0 Å². The van der Waals surface area contributed by atoms with Gasteiger partial charge in [0, 0.05) is 43.5 Å². The van der Waals surface area contributed by atoms with Gasteiger partial charge in [0.15, 0.2) is 0 Å². The predicted octanol–water partition coefficient (Wildman–Crippen LogP) is 3.21. The van der Waals surface area contributed by atoms with Crippen molar-refractivity contribution in [2.45, 2.75) is 45.3 Å². The molecule has 2 aliphatic rings. The third-order valence-electron chi connectivity index (χ3n) is 6.05. The van der Waals surface area contributed by atoms with Crippen molar-refractivity contribution in [2.24, 2.45) is 11.8 Å². The minimum Gasteiger partial charge on any atom is -0.385 e. The van der Waals surface area contributed by atoms with E-state index in [0.717, 1.165) is 49.4 Å². The summed E-state index contributed by atoms with van der Waals surface area (Å²) in [5.41, 5.74) is 2.80. The topological polar surface area (TPSA) is 49.2 Å². The Morgan fingerprint density at radius 1 is 1.12 bits per heavy atom. The van der Waals surface area contributed by atoms with Gasteiger partial charge in [0.25, 0.3) is 0 Å². The first-order valence-electron chi connectivity index (χ1n) is 9.34. The fraction of sp³-hybridized carbons (Fsp3) is 0.524. The van der Waals surface area contributed by atoms with Gasteiger partial charge in [-0.2, -0.15) is 0 Å². The molecule has 0 bridgehead atoms. The van der Waals surface area contributed by atoms with Gasteiger partial charge in [-0.05, 0) is 44.6 Å². The van der Waals surface area contributed by atoms with Gasteiger partial charge in [-0.1, -0.05) is 29.8 Å². The highest BCUT2D eigenvalue weighted by molar-refractivity contribution is 5.28. The van der Waals surface area contributed by atoms with E-state index in [1.165, 1.54) is 12.0 Å². The van der Waals surface area contributed by atoms with Crippen molar-refractivity contribution in [3.05, 3.63) is 59.2 Å². The highest BCUT2D eigenvalue weighted by atomic mass is 16.3. The van der Waals surface area contributed by atoms with E-state index in [0.29, 0.717) is 11.8 Å². The average molecular weight is 337 g/mol. The minimum absolute atomic E-state index is 0.315. The van der Waals surface area contributed by atoms with Gasteiger partial charge in [-0.25, -0.2) is 9.97 Å². The summed E-state index contributed by atoms with van der Waals surface area (Å²) in [6, 6.07) is 8.48. The lowest BCUT2D eigenvalue weighted by Gasteiger charge is -2.41. The maximum Gasteiger partial charge on any atom is 0.125 e. The van der Waals surface area contributed by atoms with Crippen LogP contribution in [0.3, 0.4) is 0 Å². The second-order valence-corrected chi connectivity index (χ2v) is 7.88.